The Hall–Kier alpha value is -3.48. The highest BCUT2D eigenvalue weighted by molar-refractivity contribution is 5.98. The van der Waals surface area contributed by atoms with Crippen LogP contribution in [0.25, 0.3) is 6.08 Å². The maximum absolute atomic E-state index is 12.3. The van der Waals surface area contributed by atoms with Crippen molar-refractivity contribution < 1.29 is 28.9 Å². The topological polar surface area (TPSA) is 96.9 Å². The summed E-state index contributed by atoms with van der Waals surface area (Å²) in [6, 6.07) is 10.4. The summed E-state index contributed by atoms with van der Waals surface area (Å²) in [5, 5.41) is 13.6. The molecule has 0 aromatic heterocycles. The zero-order chi connectivity index (χ0) is 18.7. The lowest BCUT2D eigenvalue weighted by Gasteiger charge is -2.15. The third kappa shape index (κ3) is 3.32. The molecule has 0 saturated heterocycles. The lowest BCUT2D eigenvalue weighted by Crippen LogP contribution is -2.18. The van der Waals surface area contributed by atoms with E-state index in [0.717, 1.165) is 6.08 Å². The van der Waals surface area contributed by atoms with Gasteiger partial charge in [0.15, 0.2) is 11.5 Å². The molecule has 0 radical (unpaired) electrons. The highest BCUT2D eigenvalue weighted by Crippen LogP contribution is 2.42. The number of fused-ring (bicyclic) bond motifs is 1. The fourth-order valence-electron chi connectivity index (χ4n) is 2.76. The van der Waals surface area contributed by atoms with Crippen LogP contribution in [-0.2, 0) is 9.53 Å². The molecule has 7 nitrogen and oxygen atoms in total. The van der Waals surface area contributed by atoms with Gasteiger partial charge in [0.05, 0.1) is 20.2 Å². The minimum atomic E-state index is -1.27. The van der Waals surface area contributed by atoms with Crippen molar-refractivity contribution in [2.24, 2.45) is 0 Å². The van der Waals surface area contributed by atoms with E-state index in [2.05, 4.69) is 5.32 Å². The number of carbonyl (C=O) groups is 2. The van der Waals surface area contributed by atoms with Gasteiger partial charge >= 0.3 is 5.97 Å². The monoisotopic (exact) mass is 354 g/mol. The zero-order valence-electron chi connectivity index (χ0n) is 14.1. The van der Waals surface area contributed by atoms with Gasteiger partial charge in [-0.25, -0.2) is 4.79 Å². The number of aliphatic carboxylic acids is 1. The molecule has 0 fully saturated rings. The summed E-state index contributed by atoms with van der Waals surface area (Å²) >= 11 is 0. The molecule has 134 valence electrons. The number of esters is 1. The molecular formula is C19H16NO6-. The summed E-state index contributed by atoms with van der Waals surface area (Å²) in [6.07, 6.45) is 1.67. The Morgan fingerprint density at radius 1 is 1.23 bits per heavy atom. The van der Waals surface area contributed by atoms with Crippen LogP contribution in [0.2, 0.25) is 0 Å². The maximum Gasteiger partial charge on any atom is 0.344 e. The minimum absolute atomic E-state index is 0.317. The maximum atomic E-state index is 12.3. The summed E-state index contributed by atoms with van der Waals surface area (Å²) in [5.74, 6) is -1.02. The second-order valence-corrected chi connectivity index (χ2v) is 5.47. The van der Waals surface area contributed by atoms with Crippen LogP contribution in [-0.4, -0.2) is 26.2 Å². The first-order valence-corrected chi connectivity index (χ1v) is 7.75. The highest BCUT2D eigenvalue weighted by Gasteiger charge is 2.35. The molecule has 0 bridgehead atoms. The summed E-state index contributed by atoms with van der Waals surface area (Å²) < 4.78 is 15.9. The molecule has 0 spiro atoms. The van der Waals surface area contributed by atoms with Crippen LogP contribution in [0.1, 0.15) is 27.7 Å². The SMILES string of the molecule is COc1ccc2c(c1OC)C(=O)OC2Nc1cccc(C=CC(=O)[O-])c1. The van der Waals surface area contributed by atoms with Crippen molar-refractivity contribution in [3.05, 3.63) is 59.2 Å². The number of hydrogen-bond acceptors (Lipinski definition) is 7. The number of methoxy groups -OCH3 is 2. The molecule has 7 heteroatoms. The van der Waals surface area contributed by atoms with Gasteiger partial charge < -0.3 is 29.4 Å². The van der Waals surface area contributed by atoms with Crippen LogP contribution in [0.5, 0.6) is 11.5 Å². The quantitative estimate of drug-likeness (QED) is 0.623. The minimum Gasteiger partial charge on any atom is -0.545 e. The number of carboxylic acid groups (broad SMARTS) is 1. The molecule has 1 N–H and O–H groups in total. The van der Waals surface area contributed by atoms with E-state index in [1.54, 1.807) is 36.4 Å². The molecule has 2 aromatic carbocycles. The van der Waals surface area contributed by atoms with Crippen LogP contribution >= 0.6 is 0 Å². The van der Waals surface area contributed by atoms with Crippen LogP contribution < -0.4 is 19.9 Å². The lowest BCUT2D eigenvalue weighted by atomic mass is 10.1. The molecule has 26 heavy (non-hydrogen) atoms. The average molecular weight is 354 g/mol. The first-order chi connectivity index (χ1) is 12.5. The van der Waals surface area contributed by atoms with E-state index in [1.807, 2.05) is 0 Å². The van der Waals surface area contributed by atoms with Crippen LogP contribution in [0.15, 0.2) is 42.5 Å². The molecule has 3 rings (SSSR count). The highest BCUT2D eigenvalue weighted by atomic mass is 16.6. The van der Waals surface area contributed by atoms with Gasteiger partial charge in [0.2, 0.25) is 6.23 Å². The van der Waals surface area contributed by atoms with E-state index < -0.39 is 18.2 Å². The van der Waals surface area contributed by atoms with Gasteiger partial charge in [0.1, 0.15) is 5.56 Å². The van der Waals surface area contributed by atoms with Gasteiger partial charge in [-0.15, -0.1) is 0 Å². The largest absolute Gasteiger partial charge is 0.545 e. The van der Waals surface area contributed by atoms with E-state index in [4.69, 9.17) is 14.2 Å². The number of carbonyl (C=O) groups excluding carboxylic acids is 2. The number of carboxylic acids is 1. The van der Waals surface area contributed by atoms with Crippen molar-refractivity contribution in [1.29, 1.82) is 0 Å². The smallest absolute Gasteiger partial charge is 0.344 e. The zero-order valence-corrected chi connectivity index (χ0v) is 14.1. The Bertz CT molecular complexity index is 890. The summed E-state index contributed by atoms with van der Waals surface area (Å²) in [4.78, 5) is 22.8. The van der Waals surface area contributed by atoms with Crippen molar-refractivity contribution in [3.63, 3.8) is 0 Å². The average Bonchev–Trinajstić information content (AvgIpc) is 2.95. The van der Waals surface area contributed by atoms with E-state index in [1.165, 1.54) is 20.3 Å². The second kappa shape index (κ2) is 7.18. The number of benzene rings is 2. The first-order valence-electron chi connectivity index (χ1n) is 7.75. The number of rotatable bonds is 6. The van der Waals surface area contributed by atoms with Gasteiger partial charge in [-0.1, -0.05) is 18.2 Å². The molecule has 1 aliphatic rings. The Kier molecular flexibility index (Phi) is 4.79. The number of cyclic esters (lactones) is 1. The fourth-order valence-corrected chi connectivity index (χ4v) is 2.76. The molecular weight excluding hydrogens is 338 g/mol. The molecule has 2 aromatic rings. The number of anilines is 1. The fraction of sp³-hybridized carbons (Fsp3) is 0.158. The molecule has 0 aliphatic carbocycles. The summed E-state index contributed by atoms with van der Waals surface area (Å²) in [6.45, 7) is 0. The van der Waals surface area contributed by atoms with Crippen molar-refractivity contribution in [2.75, 3.05) is 19.5 Å². The Labute approximate surface area is 149 Å². The lowest BCUT2D eigenvalue weighted by molar-refractivity contribution is -0.297. The predicted octanol–water partition coefficient (Wildman–Crippen LogP) is 1.75. The Balaban J connectivity index is 1.89. The van der Waals surface area contributed by atoms with E-state index in [9.17, 15) is 14.7 Å². The summed E-state index contributed by atoms with van der Waals surface area (Å²) in [5.41, 5.74) is 2.27. The van der Waals surface area contributed by atoms with Crippen molar-refractivity contribution in [1.82, 2.24) is 0 Å². The predicted molar refractivity (Wildman–Crippen MR) is 91.8 cm³/mol. The molecule has 1 atom stereocenters. The normalized spacial score (nSPS) is 15.5. The second-order valence-electron chi connectivity index (χ2n) is 5.47. The van der Waals surface area contributed by atoms with Crippen molar-refractivity contribution in [3.8, 4) is 11.5 Å². The number of hydrogen-bond donors (Lipinski definition) is 1. The summed E-state index contributed by atoms with van der Waals surface area (Å²) in [7, 11) is 2.95. The van der Waals surface area contributed by atoms with E-state index in [-0.39, 0.29) is 0 Å². The molecule has 1 heterocycles. The molecule has 1 aliphatic heterocycles. The number of nitrogens with one attached hydrogen (secondary N) is 1. The Morgan fingerprint density at radius 3 is 2.73 bits per heavy atom. The standard InChI is InChI=1S/C19H17NO6/c1-24-14-8-7-13-16(17(14)25-2)19(23)26-18(13)20-12-5-3-4-11(10-12)6-9-15(21)22/h3-10,18,20H,1-2H3,(H,21,22)/p-1. The van der Waals surface area contributed by atoms with E-state index >= 15 is 0 Å². The Morgan fingerprint density at radius 2 is 2.04 bits per heavy atom. The van der Waals surface area contributed by atoms with Gasteiger partial charge in [0, 0.05) is 11.3 Å². The van der Waals surface area contributed by atoms with Crippen molar-refractivity contribution in [2.45, 2.75) is 6.23 Å². The molecule has 1 unspecified atom stereocenters. The van der Waals surface area contributed by atoms with Crippen LogP contribution in [0, 0.1) is 0 Å². The van der Waals surface area contributed by atoms with Crippen molar-refractivity contribution >= 4 is 23.7 Å². The van der Waals surface area contributed by atoms with Gasteiger partial charge in [-0.3, -0.25) is 0 Å². The first kappa shape index (κ1) is 17.3. The van der Waals surface area contributed by atoms with Gasteiger partial charge in [-0.05, 0) is 35.9 Å². The third-order valence-electron chi connectivity index (χ3n) is 3.89. The van der Waals surface area contributed by atoms with Gasteiger partial charge in [-0.2, -0.15) is 0 Å². The van der Waals surface area contributed by atoms with Crippen LogP contribution in [0.4, 0.5) is 5.69 Å². The third-order valence-corrected chi connectivity index (χ3v) is 3.89. The molecule has 0 amide bonds. The van der Waals surface area contributed by atoms with Crippen LogP contribution in [0.3, 0.4) is 0 Å². The van der Waals surface area contributed by atoms with Gasteiger partial charge in [0.25, 0.3) is 0 Å². The van der Waals surface area contributed by atoms with E-state index in [0.29, 0.717) is 33.9 Å². The number of ether oxygens (including phenoxy) is 3. The molecule has 0 saturated carbocycles.